The molecule has 0 aromatic heterocycles. The number of halogens is 2. The van der Waals surface area contributed by atoms with Crippen molar-refractivity contribution >= 4 is 10.0 Å². The monoisotopic (exact) mass is 291 g/mol. The predicted molar refractivity (Wildman–Crippen MR) is 70.2 cm³/mol. The van der Waals surface area contributed by atoms with Gasteiger partial charge >= 0.3 is 0 Å². The summed E-state index contributed by atoms with van der Waals surface area (Å²) in [6.07, 6.45) is 0. The van der Waals surface area contributed by atoms with E-state index in [1.807, 2.05) is 20.8 Å². The minimum Gasteiger partial charge on any atom is -0.207 e. The molecule has 0 spiro atoms. The molecule has 0 amide bonds. The summed E-state index contributed by atoms with van der Waals surface area (Å²) >= 11 is 0. The van der Waals surface area contributed by atoms with Gasteiger partial charge in [0.05, 0.1) is 4.90 Å². The van der Waals surface area contributed by atoms with Gasteiger partial charge in [0, 0.05) is 13.1 Å². The Morgan fingerprint density at radius 2 is 1.68 bits per heavy atom. The van der Waals surface area contributed by atoms with Gasteiger partial charge in [-0.3, -0.25) is 0 Å². The fraction of sp³-hybridized carbons (Fsp3) is 0.538. The summed E-state index contributed by atoms with van der Waals surface area (Å²) in [5.41, 5.74) is -0.263. The minimum absolute atomic E-state index is 0.245. The lowest BCUT2D eigenvalue weighted by atomic mass is 9.88. The quantitative estimate of drug-likeness (QED) is 0.858. The van der Waals surface area contributed by atoms with E-state index in [0.717, 1.165) is 12.1 Å². The molecule has 108 valence electrons. The van der Waals surface area contributed by atoms with E-state index in [-0.39, 0.29) is 16.4 Å². The van der Waals surface area contributed by atoms with Crippen LogP contribution >= 0.6 is 0 Å². The van der Waals surface area contributed by atoms with Crippen LogP contribution in [0.2, 0.25) is 0 Å². The molecule has 0 fully saturated rings. The normalized spacial score (nSPS) is 14.7. The standard InChI is InChI=1S/C13H19F2NO2S/c1-9(13(2,3)4)16(5)19(17,18)10-6-7-11(14)12(15)8-10/h6-9H,1-5H3/t9-/m0/s1. The van der Waals surface area contributed by atoms with E-state index in [9.17, 15) is 17.2 Å². The first kappa shape index (κ1) is 16.0. The highest BCUT2D eigenvalue weighted by molar-refractivity contribution is 7.89. The Bertz CT molecular complexity index is 564. The van der Waals surface area contributed by atoms with Crippen molar-refractivity contribution in [3.05, 3.63) is 29.8 Å². The van der Waals surface area contributed by atoms with Crippen molar-refractivity contribution in [2.24, 2.45) is 5.41 Å². The maximum Gasteiger partial charge on any atom is 0.243 e. The second-order valence-corrected chi connectivity index (χ2v) is 7.64. The molecule has 3 nitrogen and oxygen atoms in total. The topological polar surface area (TPSA) is 37.4 Å². The van der Waals surface area contributed by atoms with Crippen molar-refractivity contribution in [3.8, 4) is 0 Å². The Morgan fingerprint density at radius 3 is 2.11 bits per heavy atom. The molecule has 0 heterocycles. The Morgan fingerprint density at radius 1 is 1.16 bits per heavy atom. The van der Waals surface area contributed by atoms with Crippen molar-refractivity contribution in [2.75, 3.05) is 7.05 Å². The summed E-state index contributed by atoms with van der Waals surface area (Å²) < 4.78 is 51.8. The van der Waals surface area contributed by atoms with Gasteiger partial charge in [0.2, 0.25) is 10.0 Å². The van der Waals surface area contributed by atoms with E-state index in [4.69, 9.17) is 0 Å². The average molecular weight is 291 g/mol. The van der Waals surface area contributed by atoms with Crippen LogP contribution in [0.15, 0.2) is 23.1 Å². The fourth-order valence-electron chi connectivity index (χ4n) is 1.56. The number of hydrogen-bond donors (Lipinski definition) is 0. The third-order valence-corrected chi connectivity index (χ3v) is 5.29. The van der Waals surface area contributed by atoms with Crippen molar-refractivity contribution in [3.63, 3.8) is 0 Å². The fourth-order valence-corrected chi connectivity index (χ4v) is 3.11. The summed E-state index contributed by atoms with van der Waals surface area (Å²) in [4.78, 5) is -0.245. The van der Waals surface area contributed by atoms with E-state index >= 15 is 0 Å². The van der Waals surface area contributed by atoms with Crippen LogP contribution in [0.25, 0.3) is 0 Å². The maximum atomic E-state index is 13.2. The van der Waals surface area contributed by atoms with Gasteiger partial charge in [-0.1, -0.05) is 20.8 Å². The molecule has 19 heavy (non-hydrogen) atoms. The third kappa shape index (κ3) is 3.30. The predicted octanol–water partition coefficient (Wildman–Crippen LogP) is 3.02. The average Bonchev–Trinajstić information content (AvgIpc) is 2.29. The largest absolute Gasteiger partial charge is 0.243 e. The molecule has 0 saturated heterocycles. The SMILES string of the molecule is C[C@H](N(C)S(=O)(=O)c1ccc(F)c(F)c1)C(C)(C)C. The summed E-state index contributed by atoms with van der Waals surface area (Å²) in [6.45, 7) is 7.51. The molecule has 0 radical (unpaired) electrons. The zero-order valence-electron chi connectivity index (χ0n) is 11.7. The minimum atomic E-state index is -3.83. The van der Waals surface area contributed by atoms with Crippen LogP contribution < -0.4 is 0 Å². The molecule has 0 saturated carbocycles. The second-order valence-electron chi connectivity index (χ2n) is 5.64. The molecular formula is C13H19F2NO2S. The van der Waals surface area contributed by atoms with Crippen LogP contribution in [-0.2, 0) is 10.0 Å². The Labute approximate surface area is 113 Å². The molecule has 0 aliphatic heterocycles. The van der Waals surface area contributed by atoms with Crippen molar-refractivity contribution in [1.82, 2.24) is 4.31 Å². The van der Waals surface area contributed by atoms with Crippen molar-refractivity contribution in [2.45, 2.75) is 38.6 Å². The molecule has 1 aromatic carbocycles. The van der Waals surface area contributed by atoms with Gasteiger partial charge in [0.1, 0.15) is 0 Å². The smallest absolute Gasteiger partial charge is 0.207 e. The molecule has 1 rings (SSSR count). The molecular weight excluding hydrogens is 272 g/mol. The molecule has 0 N–H and O–H groups in total. The van der Waals surface area contributed by atoms with E-state index in [1.165, 1.54) is 11.4 Å². The van der Waals surface area contributed by atoms with Crippen LogP contribution in [0.3, 0.4) is 0 Å². The maximum absolute atomic E-state index is 13.2. The lowest BCUT2D eigenvalue weighted by Crippen LogP contribution is -2.42. The number of hydrogen-bond acceptors (Lipinski definition) is 2. The highest BCUT2D eigenvalue weighted by atomic mass is 32.2. The molecule has 0 bridgehead atoms. The Kier molecular flexibility index (Phi) is 4.37. The first-order chi connectivity index (χ1) is 8.48. The van der Waals surface area contributed by atoms with Crippen LogP contribution in [0.4, 0.5) is 8.78 Å². The summed E-state index contributed by atoms with van der Waals surface area (Å²) in [6, 6.07) is 2.30. The van der Waals surface area contributed by atoms with Gasteiger partial charge in [-0.25, -0.2) is 17.2 Å². The Balaban J connectivity index is 3.20. The number of sulfonamides is 1. The van der Waals surface area contributed by atoms with E-state index in [2.05, 4.69) is 0 Å². The first-order valence-corrected chi connectivity index (χ1v) is 7.35. The molecule has 1 aromatic rings. The van der Waals surface area contributed by atoms with E-state index in [0.29, 0.717) is 6.07 Å². The second kappa shape index (κ2) is 5.17. The number of rotatable bonds is 3. The van der Waals surface area contributed by atoms with Gasteiger partial charge in [-0.05, 0) is 30.5 Å². The van der Waals surface area contributed by atoms with Crippen LogP contribution in [0.5, 0.6) is 0 Å². The highest BCUT2D eigenvalue weighted by Crippen LogP contribution is 2.28. The van der Waals surface area contributed by atoms with Crippen molar-refractivity contribution < 1.29 is 17.2 Å². The van der Waals surface area contributed by atoms with Gasteiger partial charge in [-0.15, -0.1) is 0 Å². The molecule has 1 atom stereocenters. The van der Waals surface area contributed by atoms with Crippen molar-refractivity contribution in [1.29, 1.82) is 0 Å². The molecule has 0 unspecified atom stereocenters. The molecule has 0 aliphatic rings. The Hall–Kier alpha value is -1.01. The van der Waals surface area contributed by atoms with Gasteiger partial charge < -0.3 is 0 Å². The van der Waals surface area contributed by atoms with E-state index < -0.39 is 21.7 Å². The first-order valence-electron chi connectivity index (χ1n) is 5.91. The number of benzene rings is 1. The van der Waals surface area contributed by atoms with E-state index in [1.54, 1.807) is 6.92 Å². The van der Waals surface area contributed by atoms with Crippen LogP contribution in [0, 0.1) is 17.0 Å². The van der Waals surface area contributed by atoms with Crippen LogP contribution in [0.1, 0.15) is 27.7 Å². The molecule has 0 aliphatic carbocycles. The lowest BCUT2D eigenvalue weighted by molar-refractivity contribution is 0.216. The summed E-state index contributed by atoms with van der Waals surface area (Å²) in [5.74, 6) is -2.23. The summed E-state index contributed by atoms with van der Waals surface area (Å²) in [7, 11) is -2.40. The summed E-state index contributed by atoms with van der Waals surface area (Å²) in [5, 5.41) is 0. The highest BCUT2D eigenvalue weighted by Gasteiger charge is 2.32. The van der Waals surface area contributed by atoms with Gasteiger partial charge in [-0.2, -0.15) is 4.31 Å². The van der Waals surface area contributed by atoms with Gasteiger partial charge in [0.25, 0.3) is 0 Å². The zero-order valence-corrected chi connectivity index (χ0v) is 12.6. The third-order valence-electron chi connectivity index (χ3n) is 3.37. The van der Waals surface area contributed by atoms with Gasteiger partial charge in [0.15, 0.2) is 11.6 Å². The zero-order chi connectivity index (χ0) is 15.0. The van der Waals surface area contributed by atoms with Crippen LogP contribution in [-0.4, -0.2) is 25.8 Å². The lowest BCUT2D eigenvalue weighted by Gasteiger charge is -2.34. The molecule has 6 heteroatoms. The number of nitrogens with zero attached hydrogens (tertiary/aromatic N) is 1.